The van der Waals surface area contributed by atoms with Crippen LogP contribution in [-0.2, 0) is 0 Å². The number of hydrogen-bond acceptors (Lipinski definition) is 2. The minimum Gasteiger partial charge on any atom is -0.407 e. The first-order chi connectivity index (χ1) is 6.18. The molecule has 0 amide bonds. The third-order valence-corrected chi connectivity index (χ3v) is 1.47. The summed E-state index contributed by atoms with van der Waals surface area (Å²) in [6.07, 6.45) is 1.69. The number of benzene rings is 1. The van der Waals surface area contributed by atoms with E-state index in [4.69, 9.17) is 21.4 Å². The monoisotopic (exact) mass is 196 g/mol. The molecule has 1 aromatic rings. The van der Waals surface area contributed by atoms with Gasteiger partial charge in [-0.15, -0.1) is 0 Å². The van der Waals surface area contributed by atoms with Crippen molar-refractivity contribution in [2.75, 3.05) is 0 Å². The standard InChI is InChI=1S/C10H9ClO2/c1-8(12)5-6-13-10-4-2-3-9(11)7-10/h2-4,7-8,12H,1H3. The molecule has 1 rings (SSSR count). The lowest BCUT2D eigenvalue weighted by Crippen LogP contribution is -1.94. The topological polar surface area (TPSA) is 29.5 Å². The lowest BCUT2D eigenvalue weighted by Gasteiger charge is -1.96. The van der Waals surface area contributed by atoms with Crippen molar-refractivity contribution in [2.45, 2.75) is 13.0 Å². The van der Waals surface area contributed by atoms with Crippen LogP contribution in [-0.4, -0.2) is 11.2 Å². The Hall–Kier alpha value is -1.17. The zero-order valence-corrected chi connectivity index (χ0v) is 7.88. The molecule has 0 spiro atoms. The maximum absolute atomic E-state index is 8.81. The molecule has 0 fully saturated rings. The molecule has 0 aliphatic rings. The Labute approximate surface area is 82.1 Å². The summed E-state index contributed by atoms with van der Waals surface area (Å²) in [7, 11) is 0. The molecule has 1 N–H and O–H groups in total. The van der Waals surface area contributed by atoms with Gasteiger partial charge in [-0.1, -0.05) is 17.7 Å². The molecular weight excluding hydrogens is 188 g/mol. The number of hydrogen-bond donors (Lipinski definition) is 1. The Bertz CT molecular complexity index is 336. The maximum atomic E-state index is 8.81. The lowest BCUT2D eigenvalue weighted by molar-refractivity contribution is 0.252. The fourth-order valence-electron chi connectivity index (χ4n) is 0.704. The van der Waals surface area contributed by atoms with Crippen LogP contribution in [0.3, 0.4) is 0 Å². The van der Waals surface area contributed by atoms with Gasteiger partial charge in [0.2, 0.25) is 0 Å². The Morgan fingerprint density at radius 2 is 2.31 bits per heavy atom. The van der Waals surface area contributed by atoms with E-state index < -0.39 is 6.10 Å². The van der Waals surface area contributed by atoms with E-state index >= 15 is 0 Å². The summed E-state index contributed by atoms with van der Waals surface area (Å²) in [6, 6.07) is 6.90. The van der Waals surface area contributed by atoms with Crippen molar-refractivity contribution in [1.29, 1.82) is 0 Å². The van der Waals surface area contributed by atoms with E-state index in [1.165, 1.54) is 0 Å². The highest BCUT2D eigenvalue weighted by molar-refractivity contribution is 6.30. The fraction of sp³-hybridized carbons (Fsp3) is 0.200. The van der Waals surface area contributed by atoms with Crippen molar-refractivity contribution in [3.8, 4) is 17.8 Å². The smallest absolute Gasteiger partial charge is 0.141 e. The molecule has 0 aliphatic carbocycles. The first-order valence-corrected chi connectivity index (χ1v) is 4.17. The first kappa shape index (κ1) is 9.91. The minimum absolute atomic E-state index is 0.570. The fourth-order valence-corrected chi connectivity index (χ4v) is 0.884. The van der Waals surface area contributed by atoms with Gasteiger partial charge in [0.1, 0.15) is 18.0 Å². The molecule has 0 bridgehead atoms. The molecule has 0 saturated carbocycles. The van der Waals surface area contributed by atoms with Gasteiger partial charge in [-0.3, -0.25) is 0 Å². The second kappa shape index (κ2) is 4.76. The van der Waals surface area contributed by atoms with E-state index in [-0.39, 0.29) is 0 Å². The highest BCUT2D eigenvalue weighted by Crippen LogP contribution is 2.16. The van der Waals surface area contributed by atoms with Crippen molar-refractivity contribution >= 4 is 11.6 Å². The van der Waals surface area contributed by atoms with Gasteiger partial charge in [0.25, 0.3) is 0 Å². The lowest BCUT2D eigenvalue weighted by atomic mass is 10.3. The molecule has 0 heterocycles. The van der Waals surface area contributed by atoms with Crippen LogP contribution in [0.15, 0.2) is 24.3 Å². The van der Waals surface area contributed by atoms with Crippen molar-refractivity contribution in [3.63, 3.8) is 0 Å². The van der Waals surface area contributed by atoms with E-state index in [1.54, 1.807) is 31.2 Å². The molecule has 1 aromatic carbocycles. The predicted molar refractivity (Wildman–Crippen MR) is 51.5 cm³/mol. The van der Waals surface area contributed by atoms with E-state index in [0.29, 0.717) is 10.8 Å². The van der Waals surface area contributed by atoms with Crippen LogP contribution >= 0.6 is 11.6 Å². The zero-order chi connectivity index (χ0) is 9.68. The summed E-state index contributed by atoms with van der Waals surface area (Å²) in [5.41, 5.74) is 0. The van der Waals surface area contributed by atoms with Gasteiger partial charge in [-0.25, -0.2) is 0 Å². The number of aliphatic hydroxyl groups excluding tert-OH is 1. The molecule has 1 atom stereocenters. The Kier molecular flexibility index (Phi) is 3.63. The average molecular weight is 197 g/mol. The number of ether oxygens (including phenoxy) is 1. The Morgan fingerprint density at radius 1 is 1.54 bits per heavy atom. The molecule has 0 saturated heterocycles. The molecular formula is C10H9ClO2. The van der Waals surface area contributed by atoms with Crippen molar-refractivity contribution in [1.82, 2.24) is 0 Å². The van der Waals surface area contributed by atoms with Gasteiger partial charge in [-0.05, 0) is 25.0 Å². The van der Waals surface area contributed by atoms with Gasteiger partial charge in [0, 0.05) is 11.1 Å². The van der Waals surface area contributed by atoms with Gasteiger partial charge in [-0.2, -0.15) is 0 Å². The summed E-state index contributed by atoms with van der Waals surface area (Å²) in [5.74, 6) is 3.02. The Morgan fingerprint density at radius 3 is 2.92 bits per heavy atom. The minimum atomic E-state index is -0.681. The number of halogens is 1. The molecule has 3 heteroatoms. The molecule has 1 unspecified atom stereocenters. The third kappa shape index (κ3) is 3.84. The van der Waals surface area contributed by atoms with Crippen molar-refractivity contribution in [2.24, 2.45) is 0 Å². The Balaban J connectivity index is 2.61. The van der Waals surface area contributed by atoms with Gasteiger partial charge in [0.15, 0.2) is 0 Å². The average Bonchev–Trinajstić information content (AvgIpc) is 2.03. The third-order valence-electron chi connectivity index (χ3n) is 1.23. The predicted octanol–water partition coefficient (Wildman–Crippen LogP) is 2.06. The molecule has 2 nitrogen and oxygen atoms in total. The summed E-state index contributed by atoms with van der Waals surface area (Å²) in [6.45, 7) is 1.56. The molecule has 0 aromatic heterocycles. The van der Waals surface area contributed by atoms with E-state index in [2.05, 4.69) is 12.0 Å². The number of aliphatic hydroxyl groups is 1. The summed E-state index contributed by atoms with van der Waals surface area (Å²) in [4.78, 5) is 0. The van der Waals surface area contributed by atoms with Gasteiger partial charge < -0.3 is 9.84 Å². The van der Waals surface area contributed by atoms with E-state index in [0.717, 1.165) is 0 Å². The summed E-state index contributed by atoms with van der Waals surface area (Å²) < 4.78 is 4.99. The number of rotatable bonds is 1. The highest BCUT2D eigenvalue weighted by atomic mass is 35.5. The van der Waals surface area contributed by atoms with Crippen LogP contribution < -0.4 is 4.74 Å². The van der Waals surface area contributed by atoms with Crippen LogP contribution in [0.25, 0.3) is 0 Å². The second-order valence-corrected chi connectivity index (χ2v) is 2.92. The highest BCUT2D eigenvalue weighted by Gasteiger charge is 1.92. The maximum Gasteiger partial charge on any atom is 0.141 e. The quantitative estimate of drug-likeness (QED) is 0.697. The van der Waals surface area contributed by atoms with Crippen molar-refractivity contribution < 1.29 is 9.84 Å². The van der Waals surface area contributed by atoms with Crippen LogP contribution in [0.2, 0.25) is 5.02 Å². The van der Waals surface area contributed by atoms with Crippen LogP contribution in [0, 0.1) is 12.0 Å². The van der Waals surface area contributed by atoms with Crippen LogP contribution in [0.5, 0.6) is 5.75 Å². The van der Waals surface area contributed by atoms with Crippen LogP contribution in [0.4, 0.5) is 0 Å². The van der Waals surface area contributed by atoms with Crippen molar-refractivity contribution in [3.05, 3.63) is 29.3 Å². The van der Waals surface area contributed by atoms with E-state index in [9.17, 15) is 0 Å². The zero-order valence-electron chi connectivity index (χ0n) is 7.12. The molecule has 0 aliphatic heterocycles. The first-order valence-electron chi connectivity index (χ1n) is 3.79. The molecule has 13 heavy (non-hydrogen) atoms. The summed E-state index contributed by atoms with van der Waals surface area (Å²) in [5, 5.41) is 9.40. The normalized spacial score (nSPS) is 11.3. The van der Waals surface area contributed by atoms with Gasteiger partial charge in [0.05, 0.1) is 0 Å². The largest absolute Gasteiger partial charge is 0.407 e. The molecule has 68 valence electrons. The summed E-state index contributed by atoms with van der Waals surface area (Å²) >= 11 is 5.71. The second-order valence-electron chi connectivity index (χ2n) is 2.48. The SMILES string of the molecule is CC(O)C#COc1cccc(Cl)c1. The van der Waals surface area contributed by atoms with Crippen LogP contribution in [0.1, 0.15) is 6.92 Å². The van der Waals surface area contributed by atoms with E-state index in [1.807, 2.05) is 0 Å². The van der Waals surface area contributed by atoms with Gasteiger partial charge >= 0.3 is 0 Å². The molecule has 0 radical (unpaired) electrons.